The minimum Gasteiger partial charge on any atom is -0.496 e. The highest BCUT2D eigenvalue weighted by Gasteiger charge is 2.23. The maximum atomic E-state index is 12.2. The molecule has 0 fully saturated rings. The van der Waals surface area contributed by atoms with E-state index in [4.69, 9.17) is 4.74 Å². The largest absolute Gasteiger partial charge is 0.496 e. The molecule has 0 aromatic heterocycles. The lowest BCUT2D eigenvalue weighted by Gasteiger charge is -2.14. The Morgan fingerprint density at radius 1 is 1.42 bits per heavy atom. The predicted octanol–water partition coefficient (Wildman–Crippen LogP) is 3.62. The van der Waals surface area contributed by atoms with Gasteiger partial charge in [0, 0.05) is 12.0 Å². The molecular weight excluding hydrogens is 238 g/mol. The Bertz CT molecular complexity index is 486. The summed E-state index contributed by atoms with van der Waals surface area (Å²) in [7, 11) is 1.56. The molecule has 1 atom stereocenters. The van der Waals surface area contributed by atoms with E-state index >= 15 is 0 Å². The zero-order valence-electron chi connectivity index (χ0n) is 12.1. The van der Waals surface area contributed by atoms with Crippen LogP contribution in [0.3, 0.4) is 0 Å². The van der Waals surface area contributed by atoms with Crippen molar-refractivity contribution in [1.82, 2.24) is 0 Å². The maximum Gasteiger partial charge on any atom is 0.154 e. The van der Waals surface area contributed by atoms with Crippen molar-refractivity contribution >= 4 is 5.78 Å². The van der Waals surface area contributed by atoms with Crippen LogP contribution in [0, 0.1) is 24.2 Å². The minimum atomic E-state index is -0.728. The Morgan fingerprint density at radius 3 is 2.63 bits per heavy atom. The molecule has 1 rings (SSSR count). The third-order valence-corrected chi connectivity index (χ3v) is 3.12. The number of rotatable bonds is 6. The van der Waals surface area contributed by atoms with Gasteiger partial charge in [0.05, 0.1) is 13.2 Å². The van der Waals surface area contributed by atoms with E-state index < -0.39 is 5.92 Å². The fourth-order valence-electron chi connectivity index (χ4n) is 1.97. The average molecular weight is 259 g/mol. The van der Waals surface area contributed by atoms with E-state index in [-0.39, 0.29) is 5.78 Å². The number of nitriles is 1. The first-order chi connectivity index (χ1) is 8.99. The smallest absolute Gasteiger partial charge is 0.154 e. The van der Waals surface area contributed by atoms with Gasteiger partial charge < -0.3 is 4.74 Å². The topological polar surface area (TPSA) is 50.1 Å². The van der Waals surface area contributed by atoms with Crippen molar-refractivity contribution < 1.29 is 9.53 Å². The molecule has 3 heteroatoms. The first kappa shape index (κ1) is 15.2. The summed E-state index contributed by atoms with van der Waals surface area (Å²) in [6, 6.07) is 7.70. The molecule has 0 saturated carbocycles. The number of carbonyl (C=O) groups is 1. The van der Waals surface area contributed by atoms with Gasteiger partial charge in [0.1, 0.15) is 11.7 Å². The molecule has 0 aliphatic carbocycles. The average Bonchev–Trinajstić information content (AvgIpc) is 2.37. The number of ether oxygens (including phenoxy) is 1. The molecule has 0 heterocycles. The quantitative estimate of drug-likeness (QED) is 0.784. The Morgan fingerprint density at radius 2 is 2.11 bits per heavy atom. The van der Waals surface area contributed by atoms with Gasteiger partial charge >= 0.3 is 0 Å². The van der Waals surface area contributed by atoms with E-state index in [2.05, 4.69) is 19.9 Å². The fraction of sp³-hybridized carbons (Fsp3) is 0.500. The fourth-order valence-corrected chi connectivity index (χ4v) is 1.97. The number of nitrogens with zero attached hydrogens (tertiary/aromatic N) is 1. The third kappa shape index (κ3) is 4.10. The second kappa shape index (κ2) is 6.94. The first-order valence-corrected chi connectivity index (χ1v) is 6.56. The summed E-state index contributed by atoms with van der Waals surface area (Å²) in [5, 5.41) is 9.30. The Labute approximate surface area is 115 Å². The van der Waals surface area contributed by atoms with Crippen LogP contribution in [0.1, 0.15) is 43.7 Å². The zero-order chi connectivity index (χ0) is 14.4. The van der Waals surface area contributed by atoms with Crippen LogP contribution in [0.15, 0.2) is 18.2 Å². The van der Waals surface area contributed by atoms with Crippen molar-refractivity contribution in [3.63, 3.8) is 0 Å². The summed E-state index contributed by atoms with van der Waals surface area (Å²) in [6.07, 6.45) is 1.25. The first-order valence-electron chi connectivity index (χ1n) is 6.56. The van der Waals surface area contributed by atoms with Crippen molar-refractivity contribution in [3.8, 4) is 11.8 Å². The Hall–Kier alpha value is -1.82. The molecular formula is C16H21NO2. The van der Waals surface area contributed by atoms with Crippen molar-refractivity contribution in [3.05, 3.63) is 29.3 Å². The number of carbonyl (C=O) groups excluding carboxylic acids is 1. The van der Waals surface area contributed by atoms with Gasteiger partial charge in [0.15, 0.2) is 5.78 Å². The minimum absolute atomic E-state index is 0.0277. The van der Waals surface area contributed by atoms with Crippen LogP contribution in [0.25, 0.3) is 0 Å². The lowest BCUT2D eigenvalue weighted by molar-refractivity contribution is -0.119. The van der Waals surface area contributed by atoms with E-state index in [0.717, 1.165) is 12.0 Å². The molecule has 0 amide bonds. The normalized spacial score (nSPS) is 12.0. The van der Waals surface area contributed by atoms with E-state index in [1.807, 2.05) is 25.1 Å². The van der Waals surface area contributed by atoms with Crippen molar-refractivity contribution in [2.24, 2.45) is 5.92 Å². The molecule has 3 nitrogen and oxygen atoms in total. The third-order valence-electron chi connectivity index (χ3n) is 3.12. The number of hydrogen-bond acceptors (Lipinski definition) is 3. The summed E-state index contributed by atoms with van der Waals surface area (Å²) in [5.41, 5.74) is 1.70. The SMILES string of the molecule is COc1ccc(C)cc1C(C#N)C(=O)CCC(C)C. The monoisotopic (exact) mass is 259 g/mol. The van der Waals surface area contributed by atoms with Gasteiger partial charge in [-0.25, -0.2) is 0 Å². The summed E-state index contributed by atoms with van der Waals surface area (Å²) < 4.78 is 5.26. The number of benzene rings is 1. The summed E-state index contributed by atoms with van der Waals surface area (Å²) >= 11 is 0. The molecule has 1 aromatic carbocycles. The van der Waals surface area contributed by atoms with Gasteiger partial charge in [0.2, 0.25) is 0 Å². The number of Topliss-reactive ketones (excluding diaryl/α,β-unsaturated/α-hetero) is 1. The van der Waals surface area contributed by atoms with E-state index in [1.54, 1.807) is 7.11 Å². The molecule has 102 valence electrons. The van der Waals surface area contributed by atoms with Crippen LogP contribution in [-0.2, 0) is 4.79 Å². The van der Waals surface area contributed by atoms with Crippen LogP contribution in [0.5, 0.6) is 5.75 Å². The van der Waals surface area contributed by atoms with Crippen molar-refractivity contribution in [1.29, 1.82) is 5.26 Å². The number of aryl methyl sites for hydroxylation is 1. The predicted molar refractivity (Wildman–Crippen MR) is 75.2 cm³/mol. The van der Waals surface area contributed by atoms with Crippen molar-refractivity contribution in [2.45, 2.75) is 39.5 Å². The number of ketones is 1. The molecule has 19 heavy (non-hydrogen) atoms. The van der Waals surface area contributed by atoms with Gasteiger partial charge in [-0.2, -0.15) is 5.26 Å². The van der Waals surface area contributed by atoms with E-state index in [0.29, 0.717) is 23.7 Å². The van der Waals surface area contributed by atoms with Gasteiger partial charge in [0.25, 0.3) is 0 Å². The Balaban J connectivity index is 3.00. The molecule has 0 saturated heterocycles. The van der Waals surface area contributed by atoms with E-state index in [9.17, 15) is 10.1 Å². The van der Waals surface area contributed by atoms with Crippen LogP contribution >= 0.6 is 0 Å². The summed E-state index contributed by atoms with van der Waals surface area (Å²) in [5.74, 6) is 0.312. The highest BCUT2D eigenvalue weighted by molar-refractivity contribution is 5.89. The highest BCUT2D eigenvalue weighted by Crippen LogP contribution is 2.29. The van der Waals surface area contributed by atoms with E-state index in [1.165, 1.54) is 0 Å². The number of methoxy groups -OCH3 is 1. The molecule has 1 unspecified atom stereocenters. The van der Waals surface area contributed by atoms with Crippen LogP contribution in [-0.4, -0.2) is 12.9 Å². The summed E-state index contributed by atoms with van der Waals surface area (Å²) in [6.45, 7) is 6.08. The molecule has 0 spiro atoms. The second-order valence-corrected chi connectivity index (χ2v) is 5.21. The number of hydrogen-bond donors (Lipinski definition) is 0. The second-order valence-electron chi connectivity index (χ2n) is 5.21. The lowest BCUT2D eigenvalue weighted by Crippen LogP contribution is -2.13. The molecule has 0 N–H and O–H groups in total. The van der Waals surface area contributed by atoms with Gasteiger partial charge in [-0.15, -0.1) is 0 Å². The van der Waals surface area contributed by atoms with Crippen LogP contribution < -0.4 is 4.74 Å². The van der Waals surface area contributed by atoms with Gasteiger partial charge in [-0.1, -0.05) is 31.5 Å². The van der Waals surface area contributed by atoms with Crippen LogP contribution in [0.4, 0.5) is 0 Å². The van der Waals surface area contributed by atoms with Gasteiger partial charge in [-0.3, -0.25) is 4.79 Å². The maximum absolute atomic E-state index is 12.2. The highest BCUT2D eigenvalue weighted by atomic mass is 16.5. The van der Waals surface area contributed by atoms with Crippen molar-refractivity contribution in [2.75, 3.05) is 7.11 Å². The standard InChI is InChI=1S/C16H21NO2/c1-11(2)5-7-15(18)14(10-17)13-9-12(3)6-8-16(13)19-4/h6,8-9,11,14H,5,7H2,1-4H3. The van der Waals surface area contributed by atoms with Crippen LogP contribution in [0.2, 0.25) is 0 Å². The van der Waals surface area contributed by atoms with Gasteiger partial charge in [-0.05, 0) is 25.3 Å². The molecule has 0 radical (unpaired) electrons. The molecule has 0 bridgehead atoms. The lowest BCUT2D eigenvalue weighted by atomic mass is 9.90. The summed E-state index contributed by atoms with van der Waals surface area (Å²) in [4.78, 5) is 12.2. The Kier molecular flexibility index (Phi) is 5.57. The molecule has 1 aromatic rings. The molecule has 0 aliphatic heterocycles. The molecule has 0 aliphatic rings. The zero-order valence-corrected chi connectivity index (χ0v) is 12.1.